The quantitative estimate of drug-likeness (QED) is 0.634. The minimum atomic E-state index is 0.240. The molecule has 0 amide bonds. The maximum absolute atomic E-state index is 2.64. The maximum atomic E-state index is 2.64. The van der Waals surface area contributed by atoms with E-state index in [9.17, 15) is 0 Å². The Bertz CT molecular complexity index is 687. The van der Waals surface area contributed by atoms with Gasteiger partial charge in [-0.1, -0.05) is 51.0 Å². The Hall–Kier alpha value is -1.44. The van der Waals surface area contributed by atoms with Gasteiger partial charge in [0.05, 0.1) is 6.67 Å². The minimum absolute atomic E-state index is 0.240. The fraction of sp³-hybridized carbons (Fsp3) is 0.652. The fourth-order valence-corrected chi connectivity index (χ4v) is 5.52. The third-order valence-electron chi connectivity index (χ3n) is 6.58. The standard InChI is InChI=1S/C23H36N2/c1-15-11-18(4)22(23(7,8)13-15)25-10-9-24(14-25)21-17(3)12-16(2)19(5)20(21)6/h11-12,19-20H,9-10,13-14H2,1-8H3/t19?,20-/m0/s1. The van der Waals surface area contributed by atoms with E-state index in [1.54, 1.807) is 11.4 Å². The lowest BCUT2D eigenvalue weighted by Gasteiger charge is -2.40. The molecule has 1 unspecified atom stereocenters. The monoisotopic (exact) mass is 340 g/mol. The number of rotatable bonds is 2. The molecule has 2 heteroatoms. The summed E-state index contributed by atoms with van der Waals surface area (Å²) in [4.78, 5) is 5.28. The predicted octanol–water partition coefficient (Wildman–Crippen LogP) is 5.72. The summed E-state index contributed by atoms with van der Waals surface area (Å²) < 4.78 is 0. The molecule has 0 saturated carbocycles. The van der Waals surface area contributed by atoms with Crippen LogP contribution in [0.25, 0.3) is 0 Å². The summed E-state index contributed by atoms with van der Waals surface area (Å²) in [6, 6.07) is 0. The lowest BCUT2D eigenvalue weighted by Crippen LogP contribution is -2.36. The van der Waals surface area contributed by atoms with Gasteiger partial charge in [-0.15, -0.1) is 0 Å². The molecule has 1 aliphatic heterocycles. The number of hydrogen-bond donors (Lipinski definition) is 0. The first-order valence-corrected chi connectivity index (χ1v) is 9.89. The SMILES string of the molecule is CC1=CC(C)=C(N2CCN(C3=C(C)C=C(C)C(C)[C@@H]3C)C2)C(C)(C)C1. The van der Waals surface area contributed by atoms with E-state index in [1.807, 2.05) is 0 Å². The molecule has 0 bridgehead atoms. The van der Waals surface area contributed by atoms with Crippen LogP contribution in [0, 0.1) is 17.3 Å². The summed E-state index contributed by atoms with van der Waals surface area (Å²) in [5.41, 5.74) is 9.33. The topological polar surface area (TPSA) is 6.48 Å². The van der Waals surface area contributed by atoms with Crippen molar-refractivity contribution in [3.63, 3.8) is 0 Å². The van der Waals surface area contributed by atoms with Crippen molar-refractivity contribution in [2.75, 3.05) is 19.8 Å². The van der Waals surface area contributed by atoms with E-state index >= 15 is 0 Å². The lowest BCUT2D eigenvalue weighted by molar-refractivity contribution is 0.236. The molecule has 1 saturated heterocycles. The summed E-state index contributed by atoms with van der Waals surface area (Å²) in [6.45, 7) is 22.1. The molecular formula is C23H36N2. The van der Waals surface area contributed by atoms with Gasteiger partial charge in [0.25, 0.3) is 0 Å². The number of allylic oxidation sites excluding steroid dienone is 8. The van der Waals surface area contributed by atoms with Crippen LogP contribution in [0.5, 0.6) is 0 Å². The minimum Gasteiger partial charge on any atom is -0.355 e. The predicted molar refractivity (Wildman–Crippen MR) is 108 cm³/mol. The molecule has 0 radical (unpaired) electrons. The van der Waals surface area contributed by atoms with Crippen LogP contribution in [-0.2, 0) is 0 Å². The van der Waals surface area contributed by atoms with E-state index in [0.717, 1.165) is 19.8 Å². The Labute approximate surface area is 155 Å². The normalized spacial score (nSPS) is 30.1. The molecule has 3 rings (SSSR count). The van der Waals surface area contributed by atoms with Gasteiger partial charge in [-0.3, -0.25) is 0 Å². The Kier molecular flexibility index (Phi) is 4.68. The van der Waals surface area contributed by atoms with E-state index < -0.39 is 0 Å². The molecule has 1 heterocycles. The van der Waals surface area contributed by atoms with Crippen molar-refractivity contribution in [2.45, 2.75) is 61.8 Å². The number of hydrogen-bond acceptors (Lipinski definition) is 2. The van der Waals surface area contributed by atoms with Gasteiger partial charge < -0.3 is 9.80 Å². The van der Waals surface area contributed by atoms with Gasteiger partial charge in [0.1, 0.15) is 0 Å². The third-order valence-corrected chi connectivity index (χ3v) is 6.58. The molecule has 2 aliphatic carbocycles. The largest absolute Gasteiger partial charge is 0.355 e. The summed E-state index contributed by atoms with van der Waals surface area (Å²) in [6.07, 6.45) is 5.97. The molecule has 2 atom stereocenters. The van der Waals surface area contributed by atoms with Crippen LogP contribution < -0.4 is 0 Å². The molecule has 0 aromatic carbocycles. The zero-order chi connectivity index (χ0) is 18.5. The first-order valence-electron chi connectivity index (χ1n) is 9.89. The van der Waals surface area contributed by atoms with Gasteiger partial charge in [-0.25, -0.2) is 0 Å². The van der Waals surface area contributed by atoms with Gasteiger partial charge in [0.15, 0.2) is 0 Å². The summed E-state index contributed by atoms with van der Waals surface area (Å²) in [7, 11) is 0. The summed E-state index contributed by atoms with van der Waals surface area (Å²) >= 11 is 0. The van der Waals surface area contributed by atoms with E-state index in [1.165, 1.54) is 28.7 Å². The molecular weight excluding hydrogens is 304 g/mol. The highest BCUT2D eigenvalue weighted by Crippen LogP contribution is 2.43. The summed E-state index contributed by atoms with van der Waals surface area (Å²) in [5, 5.41) is 0. The maximum Gasteiger partial charge on any atom is 0.0899 e. The molecule has 25 heavy (non-hydrogen) atoms. The van der Waals surface area contributed by atoms with E-state index in [4.69, 9.17) is 0 Å². The highest BCUT2D eigenvalue weighted by Gasteiger charge is 2.37. The van der Waals surface area contributed by atoms with E-state index in [-0.39, 0.29) is 5.41 Å². The van der Waals surface area contributed by atoms with Crippen molar-refractivity contribution in [1.82, 2.24) is 9.80 Å². The van der Waals surface area contributed by atoms with Gasteiger partial charge in [-0.2, -0.15) is 0 Å². The highest BCUT2D eigenvalue weighted by atomic mass is 15.4. The first kappa shape index (κ1) is 18.4. The van der Waals surface area contributed by atoms with E-state index in [0.29, 0.717) is 11.8 Å². The van der Waals surface area contributed by atoms with Gasteiger partial charge in [0.2, 0.25) is 0 Å². The Morgan fingerprint density at radius 3 is 2.16 bits per heavy atom. The van der Waals surface area contributed by atoms with Gasteiger partial charge in [0, 0.05) is 35.8 Å². The van der Waals surface area contributed by atoms with Gasteiger partial charge >= 0.3 is 0 Å². The smallest absolute Gasteiger partial charge is 0.0899 e. The van der Waals surface area contributed by atoms with Crippen molar-refractivity contribution < 1.29 is 0 Å². The zero-order valence-electron chi connectivity index (χ0n) is 17.5. The second-order valence-electron chi connectivity index (χ2n) is 9.29. The van der Waals surface area contributed by atoms with E-state index in [2.05, 4.69) is 77.3 Å². The van der Waals surface area contributed by atoms with Crippen molar-refractivity contribution in [3.8, 4) is 0 Å². The Morgan fingerprint density at radius 2 is 1.52 bits per heavy atom. The fourth-order valence-electron chi connectivity index (χ4n) is 5.52. The Morgan fingerprint density at radius 1 is 0.880 bits per heavy atom. The molecule has 138 valence electrons. The van der Waals surface area contributed by atoms with Crippen molar-refractivity contribution >= 4 is 0 Å². The summed E-state index contributed by atoms with van der Waals surface area (Å²) in [5.74, 6) is 1.26. The molecule has 0 spiro atoms. The molecule has 1 fully saturated rings. The van der Waals surface area contributed by atoms with Crippen LogP contribution >= 0.6 is 0 Å². The number of nitrogens with zero attached hydrogens (tertiary/aromatic N) is 2. The molecule has 0 aromatic rings. The van der Waals surface area contributed by atoms with Crippen LogP contribution in [0.15, 0.2) is 45.8 Å². The highest BCUT2D eigenvalue weighted by molar-refractivity contribution is 5.37. The molecule has 3 aliphatic rings. The van der Waals surface area contributed by atoms with Gasteiger partial charge in [-0.05, 0) is 51.2 Å². The van der Waals surface area contributed by atoms with Crippen LogP contribution in [0.1, 0.15) is 61.8 Å². The van der Waals surface area contributed by atoms with Crippen molar-refractivity contribution in [3.05, 3.63) is 45.8 Å². The zero-order valence-corrected chi connectivity index (χ0v) is 17.5. The van der Waals surface area contributed by atoms with Crippen LogP contribution in [0.2, 0.25) is 0 Å². The van der Waals surface area contributed by atoms with Crippen LogP contribution in [0.3, 0.4) is 0 Å². The lowest BCUT2D eigenvalue weighted by atomic mass is 9.76. The average Bonchev–Trinajstić information content (AvgIpc) is 2.91. The molecule has 0 N–H and O–H groups in total. The first-order chi connectivity index (χ1) is 11.6. The Balaban J connectivity index is 1.88. The second kappa shape index (κ2) is 6.37. The average molecular weight is 341 g/mol. The molecule has 0 aromatic heterocycles. The van der Waals surface area contributed by atoms with Crippen molar-refractivity contribution in [2.24, 2.45) is 17.3 Å². The molecule has 2 nitrogen and oxygen atoms in total. The van der Waals surface area contributed by atoms with Crippen LogP contribution in [0.4, 0.5) is 0 Å². The van der Waals surface area contributed by atoms with Crippen molar-refractivity contribution in [1.29, 1.82) is 0 Å². The third kappa shape index (κ3) is 3.20. The second-order valence-corrected chi connectivity index (χ2v) is 9.29. The van der Waals surface area contributed by atoms with Crippen LogP contribution in [-0.4, -0.2) is 29.6 Å².